The maximum Gasteiger partial charge on any atom is 0.101 e. The van der Waals surface area contributed by atoms with Crippen LogP contribution in [-0.4, -0.2) is 17.6 Å². The van der Waals surface area contributed by atoms with Gasteiger partial charge in [0.15, 0.2) is 0 Å². The Morgan fingerprint density at radius 3 is 2.67 bits per heavy atom. The lowest BCUT2D eigenvalue weighted by molar-refractivity contribution is 0.301. The molecule has 0 N–H and O–H groups in total. The van der Waals surface area contributed by atoms with E-state index in [2.05, 4.69) is 26.8 Å². The van der Waals surface area contributed by atoms with Crippen LogP contribution in [0.1, 0.15) is 33.6 Å². The van der Waals surface area contributed by atoms with Crippen molar-refractivity contribution in [2.24, 2.45) is 0 Å². The molecule has 0 amide bonds. The number of epoxide rings is 1. The number of halogens is 1. The summed E-state index contributed by atoms with van der Waals surface area (Å²) in [4.78, 5) is 0. The van der Waals surface area contributed by atoms with E-state index >= 15 is 0 Å². The molecule has 0 aliphatic carbocycles. The highest BCUT2D eigenvalue weighted by molar-refractivity contribution is 6.18. The topological polar surface area (TPSA) is 12.5 Å². The number of alkyl halides is 1. The highest BCUT2D eigenvalue weighted by atomic mass is 35.5. The Labute approximate surface area is 79.7 Å². The maximum absolute atomic E-state index is 5.68. The second-order valence-corrected chi connectivity index (χ2v) is 4.20. The maximum atomic E-state index is 5.68. The lowest BCUT2D eigenvalue weighted by Gasteiger charge is -2.02. The van der Waals surface area contributed by atoms with Crippen molar-refractivity contribution in [3.05, 3.63) is 11.6 Å². The van der Waals surface area contributed by atoms with Crippen molar-refractivity contribution in [1.82, 2.24) is 0 Å². The van der Waals surface area contributed by atoms with Gasteiger partial charge in [-0.05, 0) is 33.6 Å². The van der Waals surface area contributed by atoms with E-state index in [0.717, 1.165) is 12.8 Å². The zero-order valence-corrected chi connectivity index (χ0v) is 8.82. The molecular weight excluding hydrogens is 172 g/mol. The van der Waals surface area contributed by atoms with Crippen molar-refractivity contribution in [1.29, 1.82) is 0 Å². The smallest absolute Gasteiger partial charge is 0.101 e. The molecule has 1 aliphatic heterocycles. The van der Waals surface area contributed by atoms with Gasteiger partial charge in [0.1, 0.15) is 6.10 Å². The van der Waals surface area contributed by atoms with Crippen LogP contribution in [-0.2, 0) is 4.74 Å². The van der Waals surface area contributed by atoms with Crippen molar-refractivity contribution in [3.63, 3.8) is 0 Å². The fourth-order valence-electron chi connectivity index (χ4n) is 1.35. The lowest BCUT2D eigenvalue weighted by atomic mass is 10.0. The summed E-state index contributed by atoms with van der Waals surface area (Å²) in [5.74, 6) is 0.630. The zero-order chi connectivity index (χ0) is 9.19. The molecule has 70 valence electrons. The number of rotatable bonds is 4. The van der Waals surface area contributed by atoms with E-state index in [1.165, 1.54) is 5.57 Å². The van der Waals surface area contributed by atoms with Crippen LogP contribution in [0.3, 0.4) is 0 Å². The lowest BCUT2D eigenvalue weighted by Crippen LogP contribution is -2.09. The minimum absolute atomic E-state index is 0.0771. The Balaban J connectivity index is 2.21. The molecule has 1 fully saturated rings. The molecule has 0 bridgehead atoms. The third-order valence-electron chi connectivity index (χ3n) is 2.37. The first-order valence-electron chi connectivity index (χ1n) is 4.45. The average molecular weight is 189 g/mol. The van der Waals surface area contributed by atoms with Crippen LogP contribution in [0.5, 0.6) is 0 Å². The summed E-state index contributed by atoms with van der Waals surface area (Å²) in [7, 11) is 0. The van der Waals surface area contributed by atoms with Gasteiger partial charge in [0, 0.05) is 0 Å². The standard InChI is InChI=1S/C10H17ClO/c1-8(2)5-4-6-10(3)9(7-11)12-10/h5,9H,4,6-7H2,1-3H3/t9-,10-/m1/s1. The molecule has 1 rings (SSSR count). The Hall–Kier alpha value is -0.0100. The third-order valence-corrected chi connectivity index (χ3v) is 2.65. The molecule has 1 heterocycles. The molecule has 1 nitrogen and oxygen atoms in total. The summed E-state index contributed by atoms with van der Waals surface area (Å²) in [6.07, 6.45) is 4.74. The SMILES string of the molecule is CC(C)=CCC[C@@]1(C)O[C@@H]1CCl. The van der Waals surface area contributed by atoms with Crippen LogP contribution in [0.2, 0.25) is 0 Å². The normalized spacial score (nSPS) is 33.2. The van der Waals surface area contributed by atoms with Gasteiger partial charge in [0.2, 0.25) is 0 Å². The van der Waals surface area contributed by atoms with E-state index in [-0.39, 0.29) is 5.60 Å². The molecule has 0 aromatic carbocycles. The first-order valence-corrected chi connectivity index (χ1v) is 4.99. The molecule has 1 saturated heterocycles. The minimum Gasteiger partial charge on any atom is -0.365 e. The Morgan fingerprint density at radius 1 is 1.58 bits per heavy atom. The summed E-state index contributed by atoms with van der Waals surface area (Å²) < 4.78 is 5.47. The summed E-state index contributed by atoms with van der Waals surface area (Å²) in [6.45, 7) is 6.38. The number of ether oxygens (including phenoxy) is 1. The highest BCUT2D eigenvalue weighted by Gasteiger charge is 2.50. The minimum atomic E-state index is 0.0771. The Bertz CT molecular complexity index is 184. The Morgan fingerprint density at radius 2 is 2.25 bits per heavy atom. The van der Waals surface area contributed by atoms with E-state index in [1.807, 2.05) is 0 Å². The van der Waals surface area contributed by atoms with Gasteiger partial charge in [0.05, 0.1) is 11.5 Å². The predicted molar refractivity (Wildman–Crippen MR) is 52.7 cm³/mol. The third kappa shape index (κ3) is 2.49. The number of hydrogen-bond acceptors (Lipinski definition) is 1. The monoisotopic (exact) mass is 188 g/mol. The molecule has 0 aromatic heterocycles. The van der Waals surface area contributed by atoms with Crippen LogP contribution < -0.4 is 0 Å². The fraction of sp³-hybridized carbons (Fsp3) is 0.800. The summed E-state index contributed by atoms with van der Waals surface area (Å²) >= 11 is 5.68. The van der Waals surface area contributed by atoms with Gasteiger partial charge in [-0.3, -0.25) is 0 Å². The van der Waals surface area contributed by atoms with E-state index < -0.39 is 0 Å². The van der Waals surface area contributed by atoms with Gasteiger partial charge >= 0.3 is 0 Å². The van der Waals surface area contributed by atoms with Gasteiger partial charge in [-0.25, -0.2) is 0 Å². The molecule has 0 spiro atoms. The van der Waals surface area contributed by atoms with Crippen LogP contribution in [0, 0.1) is 0 Å². The van der Waals surface area contributed by atoms with E-state index in [0.29, 0.717) is 12.0 Å². The van der Waals surface area contributed by atoms with Crippen molar-refractivity contribution in [2.75, 3.05) is 5.88 Å². The summed E-state index contributed by atoms with van der Waals surface area (Å²) in [5.41, 5.74) is 1.45. The van der Waals surface area contributed by atoms with Crippen LogP contribution >= 0.6 is 11.6 Å². The first-order chi connectivity index (χ1) is 5.58. The first kappa shape index (κ1) is 10.1. The average Bonchev–Trinajstić information content (AvgIpc) is 2.61. The molecule has 2 atom stereocenters. The van der Waals surface area contributed by atoms with Crippen LogP contribution in [0.15, 0.2) is 11.6 Å². The second kappa shape index (κ2) is 3.80. The van der Waals surface area contributed by atoms with E-state index in [4.69, 9.17) is 16.3 Å². The summed E-state index contributed by atoms with van der Waals surface area (Å²) in [5, 5.41) is 0. The van der Waals surface area contributed by atoms with Gasteiger partial charge in [-0.2, -0.15) is 0 Å². The predicted octanol–water partition coefficient (Wildman–Crippen LogP) is 3.13. The molecule has 0 saturated carbocycles. The van der Waals surface area contributed by atoms with Gasteiger partial charge in [-0.1, -0.05) is 11.6 Å². The molecule has 2 heteroatoms. The molecule has 0 radical (unpaired) electrons. The number of hydrogen-bond donors (Lipinski definition) is 0. The fourth-order valence-corrected chi connectivity index (χ4v) is 1.74. The highest BCUT2D eigenvalue weighted by Crippen LogP contribution is 2.40. The molecule has 1 aliphatic rings. The van der Waals surface area contributed by atoms with Gasteiger partial charge < -0.3 is 4.74 Å². The molecule has 0 unspecified atom stereocenters. The molecule has 12 heavy (non-hydrogen) atoms. The van der Waals surface area contributed by atoms with Crippen LogP contribution in [0.4, 0.5) is 0 Å². The molecular formula is C10H17ClO. The Kier molecular flexibility index (Phi) is 3.19. The molecule has 0 aromatic rings. The summed E-state index contributed by atoms with van der Waals surface area (Å²) in [6, 6.07) is 0. The second-order valence-electron chi connectivity index (χ2n) is 3.89. The van der Waals surface area contributed by atoms with Crippen molar-refractivity contribution in [3.8, 4) is 0 Å². The van der Waals surface area contributed by atoms with Gasteiger partial charge in [-0.15, -0.1) is 11.6 Å². The zero-order valence-electron chi connectivity index (χ0n) is 8.06. The van der Waals surface area contributed by atoms with Crippen molar-refractivity contribution >= 4 is 11.6 Å². The largest absolute Gasteiger partial charge is 0.365 e. The van der Waals surface area contributed by atoms with Crippen molar-refractivity contribution < 1.29 is 4.74 Å². The van der Waals surface area contributed by atoms with Crippen molar-refractivity contribution in [2.45, 2.75) is 45.3 Å². The van der Waals surface area contributed by atoms with E-state index in [1.54, 1.807) is 0 Å². The van der Waals surface area contributed by atoms with E-state index in [9.17, 15) is 0 Å². The van der Waals surface area contributed by atoms with Gasteiger partial charge in [0.25, 0.3) is 0 Å². The van der Waals surface area contributed by atoms with Crippen LogP contribution in [0.25, 0.3) is 0 Å². The quantitative estimate of drug-likeness (QED) is 0.375. The number of allylic oxidation sites excluding steroid dienone is 2.